The maximum Gasteiger partial charge on any atom is 0.295 e. The zero-order valence-electron chi connectivity index (χ0n) is 18.7. The Balaban J connectivity index is 2.03. The summed E-state index contributed by atoms with van der Waals surface area (Å²) in [6.07, 6.45) is 0.627. The van der Waals surface area contributed by atoms with E-state index >= 15 is 0 Å². The summed E-state index contributed by atoms with van der Waals surface area (Å²) in [7, 11) is 1.52. The van der Waals surface area contributed by atoms with Crippen LogP contribution in [0.15, 0.2) is 54.1 Å². The standard InChI is InChI=1S/C25H29FN2O4/c1-4-27(5-2)15-8-16-28-22(19-9-6-7-10-20(19)26)21(24(30)25(28)31)23(29)17-11-13-18(32-3)14-12-17/h6-7,9-14,22,29H,4-5,8,15-16H2,1-3H3/b23-21+/t22-/m1/s1. The smallest absolute Gasteiger partial charge is 0.295 e. The number of likely N-dealkylation sites (tertiary alicyclic amines) is 1. The molecule has 0 aliphatic carbocycles. The Morgan fingerprint density at radius 2 is 1.75 bits per heavy atom. The number of methoxy groups -OCH3 is 1. The number of ketones is 1. The van der Waals surface area contributed by atoms with E-state index in [4.69, 9.17) is 4.74 Å². The fourth-order valence-electron chi connectivity index (χ4n) is 4.04. The summed E-state index contributed by atoms with van der Waals surface area (Å²) < 4.78 is 19.9. The molecule has 1 aliphatic rings. The van der Waals surface area contributed by atoms with Crippen LogP contribution in [0.2, 0.25) is 0 Å². The minimum atomic E-state index is -0.991. The molecule has 3 rings (SSSR count). The quantitative estimate of drug-likeness (QED) is 0.363. The number of amides is 1. The van der Waals surface area contributed by atoms with Crippen LogP contribution in [0.1, 0.15) is 37.4 Å². The Morgan fingerprint density at radius 1 is 1.09 bits per heavy atom. The fourth-order valence-corrected chi connectivity index (χ4v) is 4.04. The highest BCUT2D eigenvalue weighted by Gasteiger charge is 2.46. The highest BCUT2D eigenvalue weighted by atomic mass is 19.1. The molecule has 1 heterocycles. The predicted octanol–water partition coefficient (Wildman–Crippen LogP) is 3.99. The molecular weight excluding hydrogens is 411 g/mol. The second kappa shape index (κ2) is 10.4. The fraction of sp³-hybridized carbons (Fsp3) is 0.360. The monoisotopic (exact) mass is 440 g/mol. The van der Waals surface area contributed by atoms with Crippen LogP contribution in [0.5, 0.6) is 5.75 Å². The van der Waals surface area contributed by atoms with E-state index in [0.29, 0.717) is 17.7 Å². The van der Waals surface area contributed by atoms with Crippen LogP contribution in [0.25, 0.3) is 5.76 Å². The number of hydrogen-bond acceptors (Lipinski definition) is 5. The summed E-state index contributed by atoms with van der Waals surface area (Å²) in [6.45, 7) is 6.90. The third kappa shape index (κ3) is 4.67. The van der Waals surface area contributed by atoms with Crippen molar-refractivity contribution in [2.24, 2.45) is 0 Å². The minimum Gasteiger partial charge on any atom is -0.507 e. The molecule has 1 saturated heterocycles. The lowest BCUT2D eigenvalue weighted by Crippen LogP contribution is -2.33. The Labute approximate surface area is 187 Å². The molecule has 170 valence electrons. The van der Waals surface area contributed by atoms with Gasteiger partial charge in [0.1, 0.15) is 17.3 Å². The van der Waals surface area contributed by atoms with E-state index < -0.39 is 23.5 Å². The van der Waals surface area contributed by atoms with Crippen molar-refractivity contribution in [1.29, 1.82) is 0 Å². The largest absolute Gasteiger partial charge is 0.507 e. The number of rotatable bonds is 9. The topological polar surface area (TPSA) is 70.1 Å². The van der Waals surface area contributed by atoms with Gasteiger partial charge in [0, 0.05) is 17.7 Å². The van der Waals surface area contributed by atoms with Crippen LogP contribution >= 0.6 is 0 Å². The van der Waals surface area contributed by atoms with E-state index in [9.17, 15) is 19.1 Å². The highest BCUT2D eigenvalue weighted by Crippen LogP contribution is 2.40. The molecule has 2 aromatic rings. The number of Topliss-reactive ketones (excluding diaryl/α,β-unsaturated/α-hetero) is 1. The molecule has 0 bridgehead atoms. The molecule has 6 nitrogen and oxygen atoms in total. The maximum atomic E-state index is 14.8. The van der Waals surface area contributed by atoms with Crippen molar-refractivity contribution in [2.75, 3.05) is 33.3 Å². The molecular formula is C25H29FN2O4. The summed E-state index contributed by atoms with van der Waals surface area (Å²) in [4.78, 5) is 29.5. The Kier molecular flexibility index (Phi) is 7.64. The van der Waals surface area contributed by atoms with Gasteiger partial charge in [-0.1, -0.05) is 32.0 Å². The number of halogens is 1. The zero-order valence-corrected chi connectivity index (χ0v) is 18.7. The van der Waals surface area contributed by atoms with Crippen molar-refractivity contribution in [3.63, 3.8) is 0 Å². The molecule has 1 amide bonds. The van der Waals surface area contributed by atoms with Crippen molar-refractivity contribution >= 4 is 17.4 Å². The number of hydrogen-bond donors (Lipinski definition) is 1. The lowest BCUT2D eigenvalue weighted by atomic mass is 9.95. The van der Waals surface area contributed by atoms with E-state index in [1.54, 1.807) is 42.5 Å². The van der Waals surface area contributed by atoms with Gasteiger partial charge in [0.2, 0.25) is 0 Å². The van der Waals surface area contributed by atoms with Gasteiger partial charge in [0.05, 0.1) is 18.7 Å². The summed E-state index contributed by atoms with van der Waals surface area (Å²) in [5.41, 5.74) is 0.436. The Hall–Kier alpha value is -3.19. The SMILES string of the molecule is CCN(CC)CCCN1C(=O)C(=O)/C(=C(/O)c2ccc(OC)cc2)[C@H]1c1ccccc1F. The number of nitrogens with zero attached hydrogens (tertiary/aromatic N) is 2. The van der Waals surface area contributed by atoms with Crippen LogP contribution in [0, 0.1) is 5.82 Å². The summed E-state index contributed by atoms with van der Waals surface area (Å²) in [5.74, 6) is -1.81. The molecule has 1 N–H and O–H groups in total. The van der Waals surface area contributed by atoms with Gasteiger partial charge in [0.15, 0.2) is 0 Å². The van der Waals surface area contributed by atoms with Crippen molar-refractivity contribution in [3.05, 3.63) is 71.0 Å². The second-order valence-electron chi connectivity index (χ2n) is 7.62. The first-order valence-electron chi connectivity index (χ1n) is 10.8. The van der Waals surface area contributed by atoms with Crippen LogP contribution in [0.3, 0.4) is 0 Å². The molecule has 1 atom stereocenters. The molecule has 0 saturated carbocycles. The molecule has 1 fully saturated rings. The first-order valence-corrected chi connectivity index (χ1v) is 10.8. The van der Waals surface area contributed by atoms with Gasteiger partial charge in [-0.2, -0.15) is 0 Å². The molecule has 1 aliphatic heterocycles. The second-order valence-corrected chi connectivity index (χ2v) is 7.62. The molecule has 0 aromatic heterocycles. The lowest BCUT2D eigenvalue weighted by molar-refractivity contribution is -0.140. The third-order valence-corrected chi connectivity index (χ3v) is 5.87. The van der Waals surface area contributed by atoms with Crippen LogP contribution < -0.4 is 4.74 Å². The first-order chi connectivity index (χ1) is 15.4. The average molecular weight is 441 g/mol. The molecule has 0 radical (unpaired) electrons. The molecule has 0 unspecified atom stereocenters. The van der Waals surface area contributed by atoms with Gasteiger partial charge < -0.3 is 19.6 Å². The van der Waals surface area contributed by atoms with Gasteiger partial charge in [-0.3, -0.25) is 9.59 Å². The first kappa shape index (κ1) is 23.5. The van der Waals surface area contributed by atoms with E-state index in [-0.39, 0.29) is 23.4 Å². The van der Waals surface area contributed by atoms with Gasteiger partial charge in [-0.25, -0.2) is 4.39 Å². The van der Waals surface area contributed by atoms with Gasteiger partial charge in [-0.05, 0) is 56.4 Å². The zero-order chi connectivity index (χ0) is 23.3. The van der Waals surface area contributed by atoms with Crippen molar-refractivity contribution in [3.8, 4) is 5.75 Å². The van der Waals surface area contributed by atoms with E-state index in [0.717, 1.165) is 19.6 Å². The molecule has 2 aromatic carbocycles. The number of aliphatic hydroxyl groups is 1. The number of carbonyl (C=O) groups excluding carboxylic acids is 2. The lowest BCUT2D eigenvalue weighted by Gasteiger charge is -2.27. The van der Waals surface area contributed by atoms with Gasteiger partial charge >= 0.3 is 0 Å². The number of ether oxygens (including phenoxy) is 1. The predicted molar refractivity (Wildman–Crippen MR) is 121 cm³/mol. The molecule has 32 heavy (non-hydrogen) atoms. The van der Waals surface area contributed by atoms with Crippen molar-refractivity contribution < 1.29 is 23.8 Å². The molecule has 7 heteroatoms. The summed E-state index contributed by atoms with van der Waals surface area (Å²) >= 11 is 0. The van der Waals surface area contributed by atoms with Crippen molar-refractivity contribution in [1.82, 2.24) is 9.80 Å². The van der Waals surface area contributed by atoms with Gasteiger partial charge in [-0.15, -0.1) is 0 Å². The third-order valence-electron chi connectivity index (χ3n) is 5.87. The number of benzene rings is 2. The Bertz CT molecular complexity index is 999. The van der Waals surface area contributed by atoms with E-state index in [1.807, 2.05) is 0 Å². The van der Waals surface area contributed by atoms with Crippen LogP contribution in [-0.4, -0.2) is 59.9 Å². The normalized spacial score (nSPS) is 17.9. The number of carbonyl (C=O) groups is 2. The van der Waals surface area contributed by atoms with Crippen LogP contribution in [0.4, 0.5) is 4.39 Å². The highest BCUT2D eigenvalue weighted by molar-refractivity contribution is 6.46. The maximum absolute atomic E-state index is 14.8. The van der Waals surface area contributed by atoms with Crippen LogP contribution in [-0.2, 0) is 9.59 Å². The Morgan fingerprint density at radius 3 is 2.34 bits per heavy atom. The van der Waals surface area contributed by atoms with Crippen molar-refractivity contribution in [2.45, 2.75) is 26.3 Å². The average Bonchev–Trinajstić information content (AvgIpc) is 3.06. The summed E-state index contributed by atoms with van der Waals surface area (Å²) in [5, 5.41) is 11.0. The molecule has 0 spiro atoms. The van der Waals surface area contributed by atoms with Gasteiger partial charge in [0.25, 0.3) is 11.7 Å². The number of aliphatic hydroxyl groups excluding tert-OH is 1. The van der Waals surface area contributed by atoms with E-state index in [1.165, 1.54) is 18.1 Å². The summed E-state index contributed by atoms with van der Waals surface area (Å²) in [6, 6.07) is 11.5. The van der Waals surface area contributed by atoms with E-state index in [2.05, 4.69) is 18.7 Å². The minimum absolute atomic E-state index is 0.104.